The molecule has 0 aliphatic rings. The van der Waals surface area contributed by atoms with Gasteiger partial charge in [-0.05, 0) is 19.1 Å². The van der Waals surface area contributed by atoms with Crippen LogP contribution in [0.4, 0.5) is 5.69 Å². The topological polar surface area (TPSA) is 70.2 Å². The summed E-state index contributed by atoms with van der Waals surface area (Å²) in [6, 6.07) is 4.95. The van der Waals surface area contributed by atoms with E-state index >= 15 is 0 Å². The Morgan fingerprint density at radius 2 is 1.68 bits per heavy atom. The molecule has 0 heterocycles. The van der Waals surface area contributed by atoms with E-state index in [1.54, 1.807) is 18.2 Å². The lowest BCUT2D eigenvalue weighted by atomic mass is 10.3. The minimum Gasteiger partial charge on any atom is -0.355 e. The van der Waals surface area contributed by atoms with Crippen LogP contribution < -0.4 is 16.0 Å². The maximum absolute atomic E-state index is 11.6. The van der Waals surface area contributed by atoms with Gasteiger partial charge in [0.2, 0.25) is 11.8 Å². The third-order valence-corrected chi connectivity index (χ3v) is 2.80. The Morgan fingerprint density at radius 1 is 1.11 bits per heavy atom. The van der Waals surface area contributed by atoms with Crippen molar-refractivity contribution in [2.24, 2.45) is 0 Å². The van der Waals surface area contributed by atoms with Crippen molar-refractivity contribution in [1.82, 2.24) is 10.6 Å². The number of likely N-dealkylation sites (N-methyl/N-ethyl adjacent to an activating group) is 1. The summed E-state index contributed by atoms with van der Waals surface area (Å²) in [7, 11) is 0. The molecule has 0 saturated heterocycles. The number of halogens is 2. The number of carbonyl (C=O) groups is 2. The van der Waals surface area contributed by atoms with Crippen LogP contribution in [0.3, 0.4) is 0 Å². The summed E-state index contributed by atoms with van der Waals surface area (Å²) < 4.78 is 0. The van der Waals surface area contributed by atoms with Gasteiger partial charge in [0, 0.05) is 6.54 Å². The Bertz CT molecular complexity index is 446. The maximum atomic E-state index is 11.6. The number of hydrogen-bond acceptors (Lipinski definition) is 3. The fraction of sp³-hybridized carbons (Fsp3) is 0.333. The first-order chi connectivity index (χ1) is 9.04. The molecule has 3 N–H and O–H groups in total. The van der Waals surface area contributed by atoms with Crippen LogP contribution in [0.1, 0.15) is 6.92 Å². The summed E-state index contributed by atoms with van der Waals surface area (Å²) in [5.74, 6) is -0.481. The second kappa shape index (κ2) is 7.99. The Hall–Kier alpha value is -1.30. The zero-order valence-corrected chi connectivity index (χ0v) is 11.9. The summed E-state index contributed by atoms with van der Waals surface area (Å²) in [6.45, 7) is 2.46. The molecule has 0 bridgehead atoms. The normalized spacial score (nSPS) is 10.1. The summed E-state index contributed by atoms with van der Waals surface area (Å²) in [5, 5.41) is 8.65. The van der Waals surface area contributed by atoms with Crippen molar-refractivity contribution in [2.75, 3.05) is 25.0 Å². The van der Waals surface area contributed by atoms with Crippen LogP contribution >= 0.6 is 23.2 Å². The molecule has 0 spiro atoms. The standard InChI is InChI=1S/C12H15Cl2N3O2/c1-2-16-10(18)6-15-7-11(19)17-12-8(13)4-3-5-9(12)14/h3-5,15H,2,6-7H2,1H3,(H,16,18)(H,17,19). The Morgan fingerprint density at radius 3 is 2.26 bits per heavy atom. The third-order valence-electron chi connectivity index (χ3n) is 2.17. The molecule has 0 aliphatic carbocycles. The van der Waals surface area contributed by atoms with E-state index in [-0.39, 0.29) is 24.9 Å². The minimum absolute atomic E-state index is 0.00130. The van der Waals surface area contributed by atoms with Crippen LogP contribution in [-0.2, 0) is 9.59 Å². The molecule has 7 heteroatoms. The lowest BCUT2D eigenvalue weighted by molar-refractivity contribution is -0.120. The largest absolute Gasteiger partial charge is 0.355 e. The summed E-state index contributed by atoms with van der Waals surface area (Å²) in [5.41, 5.74) is 0.371. The molecule has 1 rings (SSSR count). The smallest absolute Gasteiger partial charge is 0.238 e. The van der Waals surface area contributed by atoms with Gasteiger partial charge < -0.3 is 10.6 Å². The average molecular weight is 304 g/mol. The van der Waals surface area contributed by atoms with Crippen molar-refractivity contribution in [2.45, 2.75) is 6.92 Å². The van der Waals surface area contributed by atoms with E-state index < -0.39 is 0 Å². The number of benzene rings is 1. The third kappa shape index (κ3) is 5.46. The molecule has 5 nitrogen and oxygen atoms in total. The van der Waals surface area contributed by atoms with Crippen molar-refractivity contribution < 1.29 is 9.59 Å². The summed E-state index contributed by atoms with van der Waals surface area (Å²) >= 11 is 11.8. The van der Waals surface area contributed by atoms with Crippen molar-refractivity contribution in [3.63, 3.8) is 0 Å². The fourth-order valence-corrected chi connectivity index (χ4v) is 1.84. The molecule has 104 valence electrons. The number of para-hydroxylation sites is 1. The van der Waals surface area contributed by atoms with Gasteiger partial charge >= 0.3 is 0 Å². The monoisotopic (exact) mass is 303 g/mol. The van der Waals surface area contributed by atoms with Crippen LogP contribution in [0.5, 0.6) is 0 Å². The second-order valence-electron chi connectivity index (χ2n) is 3.70. The van der Waals surface area contributed by atoms with Gasteiger partial charge in [-0.3, -0.25) is 14.9 Å². The predicted molar refractivity (Wildman–Crippen MR) is 76.6 cm³/mol. The van der Waals surface area contributed by atoms with Crippen molar-refractivity contribution in [3.8, 4) is 0 Å². The van der Waals surface area contributed by atoms with Gasteiger partial charge in [0.25, 0.3) is 0 Å². The Kier molecular flexibility index (Phi) is 6.62. The van der Waals surface area contributed by atoms with Gasteiger partial charge in [0.1, 0.15) is 0 Å². The molecule has 0 fully saturated rings. The van der Waals surface area contributed by atoms with Crippen LogP contribution in [0.15, 0.2) is 18.2 Å². The van der Waals surface area contributed by atoms with Gasteiger partial charge in [0.05, 0.1) is 28.8 Å². The number of rotatable bonds is 6. The van der Waals surface area contributed by atoms with E-state index in [2.05, 4.69) is 16.0 Å². The Labute approximate surface area is 121 Å². The fourth-order valence-electron chi connectivity index (χ4n) is 1.35. The van der Waals surface area contributed by atoms with E-state index in [0.29, 0.717) is 22.3 Å². The first-order valence-electron chi connectivity index (χ1n) is 5.76. The number of nitrogens with one attached hydrogen (secondary N) is 3. The number of anilines is 1. The van der Waals surface area contributed by atoms with Crippen LogP contribution in [-0.4, -0.2) is 31.4 Å². The number of carbonyl (C=O) groups excluding carboxylic acids is 2. The molecule has 0 radical (unpaired) electrons. The van der Waals surface area contributed by atoms with Crippen LogP contribution in [0, 0.1) is 0 Å². The second-order valence-corrected chi connectivity index (χ2v) is 4.52. The molecule has 0 aromatic heterocycles. The van der Waals surface area contributed by atoms with E-state index in [0.717, 1.165) is 0 Å². The molecule has 0 unspecified atom stereocenters. The van der Waals surface area contributed by atoms with Crippen molar-refractivity contribution in [3.05, 3.63) is 28.2 Å². The predicted octanol–water partition coefficient (Wildman–Crippen LogP) is 1.66. The molecule has 19 heavy (non-hydrogen) atoms. The van der Waals surface area contributed by atoms with Crippen LogP contribution in [0.2, 0.25) is 10.0 Å². The molecule has 0 saturated carbocycles. The highest BCUT2D eigenvalue weighted by Crippen LogP contribution is 2.29. The van der Waals surface area contributed by atoms with Crippen molar-refractivity contribution >= 4 is 40.7 Å². The van der Waals surface area contributed by atoms with Gasteiger partial charge in [-0.2, -0.15) is 0 Å². The van der Waals surface area contributed by atoms with Gasteiger partial charge in [-0.25, -0.2) is 0 Å². The Balaban J connectivity index is 2.41. The van der Waals surface area contributed by atoms with Gasteiger partial charge in [0.15, 0.2) is 0 Å². The summed E-state index contributed by atoms with van der Waals surface area (Å²) in [4.78, 5) is 22.8. The molecule has 1 aromatic carbocycles. The highest BCUT2D eigenvalue weighted by Gasteiger charge is 2.09. The van der Waals surface area contributed by atoms with E-state index in [1.807, 2.05) is 6.92 Å². The van der Waals surface area contributed by atoms with Crippen molar-refractivity contribution in [1.29, 1.82) is 0 Å². The molecular weight excluding hydrogens is 289 g/mol. The SMILES string of the molecule is CCNC(=O)CNCC(=O)Nc1c(Cl)cccc1Cl. The molecule has 2 amide bonds. The first-order valence-corrected chi connectivity index (χ1v) is 6.51. The lowest BCUT2D eigenvalue weighted by Crippen LogP contribution is -2.37. The van der Waals surface area contributed by atoms with E-state index in [4.69, 9.17) is 23.2 Å². The zero-order chi connectivity index (χ0) is 14.3. The summed E-state index contributed by atoms with van der Waals surface area (Å²) in [6.07, 6.45) is 0. The quantitative estimate of drug-likeness (QED) is 0.748. The molecule has 0 aliphatic heterocycles. The molecular formula is C12H15Cl2N3O2. The zero-order valence-electron chi connectivity index (χ0n) is 10.4. The highest BCUT2D eigenvalue weighted by molar-refractivity contribution is 6.39. The number of amides is 2. The van der Waals surface area contributed by atoms with Gasteiger partial charge in [-0.15, -0.1) is 0 Å². The highest BCUT2D eigenvalue weighted by atomic mass is 35.5. The average Bonchev–Trinajstić information content (AvgIpc) is 2.34. The van der Waals surface area contributed by atoms with E-state index in [1.165, 1.54) is 0 Å². The lowest BCUT2D eigenvalue weighted by Gasteiger charge is -2.09. The molecule has 0 atom stereocenters. The number of hydrogen-bond donors (Lipinski definition) is 3. The maximum Gasteiger partial charge on any atom is 0.238 e. The molecule has 1 aromatic rings. The van der Waals surface area contributed by atoms with Crippen LogP contribution in [0.25, 0.3) is 0 Å². The first kappa shape index (κ1) is 15.8. The van der Waals surface area contributed by atoms with E-state index in [9.17, 15) is 9.59 Å². The van der Waals surface area contributed by atoms with Gasteiger partial charge in [-0.1, -0.05) is 29.3 Å². The minimum atomic E-state index is -0.320.